The van der Waals surface area contributed by atoms with Crippen LogP contribution in [0.15, 0.2) is 18.2 Å². The number of benzene rings is 1. The number of rotatable bonds is 4. The minimum absolute atomic E-state index is 0.128. The van der Waals surface area contributed by atoms with Crippen molar-refractivity contribution >= 4 is 5.97 Å². The number of carbonyl (C=O) groups is 1. The number of aliphatic carboxylic acids is 1. The molecule has 0 radical (unpaired) electrons. The molecule has 0 saturated carbocycles. The maximum absolute atomic E-state index is 11.5. The Morgan fingerprint density at radius 2 is 2.00 bits per heavy atom. The van der Waals surface area contributed by atoms with E-state index in [4.69, 9.17) is 0 Å². The highest BCUT2D eigenvalue weighted by Crippen LogP contribution is 2.33. The monoisotopic (exact) mass is 246 g/mol. The Kier molecular flexibility index (Phi) is 3.47. The quantitative estimate of drug-likeness (QED) is 0.883. The van der Waals surface area contributed by atoms with E-state index in [1.54, 1.807) is 0 Å². The topological polar surface area (TPSA) is 37.3 Å². The van der Waals surface area contributed by atoms with Crippen molar-refractivity contribution in [1.29, 1.82) is 0 Å². The lowest BCUT2D eigenvalue weighted by Crippen LogP contribution is -2.35. The molecule has 18 heavy (non-hydrogen) atoms. The molecule has 0 aliphatic heterocycles. The molecule has 1 N–H and O–H groups in total. The van der Waals surface area contributed by atoms with Crippen LogP contribution in [0.3, 0.4) is 0 Å². The number of hydrogen-bond acceptors (Lipinski definition) is 1. The summed E-state index contributed by atoms with van der Waals surface area (Å²) in [5.74, 6) is -0.568. The van der Waals surface area contributed by atoms with Gasteiger partial charge < -0.3 is 5.11 Å². The summed E-state index contributed by atoms with van der Waals surface area (Å²) < 4.78 is 0. The molecule has 0 bridgehead atoms. The van der Waals surface area contributed by atoms with Crippen LogP contribution < -0.4 is 0 Å². The molecular weight excluding hydrogens is 224 g/mol. The van der Waals surface area contributed by atoms with E-state index in [0.29, 0.717) is 6.42 Å². The van der Waals surface area contributed by atoms with Gasteiger partial charge in [-0.15, -0.1) is 0 Å². The molecule has 0 amide bonds. The highest BCUT2D eigenvalue weighted by molar-refractivity contribution is 5.75. The van der Waals surface area contributed by atoms with Crippen LogP contribution in [-0.2, 0) is 24.1 Å². The summed E-state index contributed by atoms with van der Waals surface area (Å²) in [5.41, 5.74) is 3.35. The van der Waals surface area contributed by atoms with Crippen LogP contribution >= 0.6 is 0 Å². The van der Waals surface area contributed by atoms with Gasteiger partial charge in [0.2, 0.25) is 0 Å². The molecule has 1 aromatic rings. The average molecular weight is 246 g/mol. The van der Waals surface area contributed by atoms with E-state index in [-0.39, 0.29) is 5.92 Å². The first-order valence-electron chi connectivity index (χ1n) is 6.77. The molecule has 98 valence electrons. The molecule has 0 spiro atoms. The standard InChI is InChI=1S/C16H22O2/c1-11(2)16(3,15(17)18)10-12-7-8-13-5-4-6-14(13)9-12/h7-9,11H,4-6,10H2,1-3H3,(H,17,18). The fourth-order valence-corrected chi connectivity index (χ4v) is 2.69. The Balaban J connectivity index is 2.25. The molecule has 0 aromatic heterocycles. The molecule has 0 fully saturated rings. The lowest BCUT2D eigenvalue weighted by Gasteiger charge is -2.29. The molecule has 1 aliphatic carbocycles. The summed E-state index contributed by atoms with van der Waals surface area (Å²) in [4.78, 5) is 11.5. The van der Waals surface area contributed by atoms with Gasteiger partial charge in [-0.3, -0.25) is 4.79 Å². The Bertz CT molecular complexity index is 462. The summed E-state index contributed by atoms with van der Waals surface area (Å²) in [6.45, 7) is 5.83. The lowest BCUT2D eigenvalue weighted by atomic mass is 9.74. The van der Waals surface area contributed by atoms with Crippen molar-refractivity contribution < 1.29 is 9.90 Å². The van der Waals surface area contributed by atoms with Crippen LogP contribution in [0.2, 0.25) is 0 Å². The molecule has 2 heteroatoms. The van der Waals surface area contributed by atoms with E-state index in [1.807, 2.05) is 20.8 Å². The second kappa shape index (κ2) is 4.75. The maximum atomic E-state index is 11.5. The Morgan fingerprint density at radius 1 is 1.33 bits per heavy atom. The smallest absolute Gasteiger partial charge is 0.309 e. The van der Waals surface area contributed by atoms with E-state index in [1.165, 1.54) is 24.0 Å². The van der Waals surface area contributed by atoms with Crippen LogP contribution in [0.1, 0.15) is 43.9 Å². The van der Waals surface area contributed by atoms with E-state index < -0.39 is 11.4 Å². The van der Waals surface area contributed by atoms with E-state index in [0.717, 1.165) is 12.0 Å². The minimum Gasteiger partial charge on any atom is -0.481 e. The Morgan fingerprint density at radius 3 is 2.61 bits per heavy atom. The zero-order valence-electron chi connectivity index (χ0n) is 11.5. The number of aryl methyl sites for hydroxylation is 2. The first-order valence-corrected chi connectivity index (χ1v) is 6.77. The van der Waals surface area contributed by atoms with Crippen molar-refractivity contribution in [3.05, 3.63) is 34.9 Å². The molecule has 2 rings (SSSR count). The highest BCUT2D eigenvalue weighted by Gasteiger charge is 2.36. The van der Waals surface area contributed by atoms with Crippen LogP contribution in [0, 0.1) is 11.3 Å². The molecule has 0 heterocycles. The number of fused-ring (bicyclic) bond motifs is 1. The van der Waals surface area contributed by atoms with Crippen molar-refractivity contribution in [2.24, 2.45) is 11.3 Å². The van der Waals surface area contributed by atoms with Crippen LogP contribution in [0.4, 0.5) is 0 Å². The van der Waals surface area contributed by atoms with Crippen molar-refractivity contribution in [3.8, 4) is 0 Å². The SMILES string of the molecule is CC(C)C(C)(Cc1ccc2c(c1)CCC2)C(=O)O. The Hall–Kier alpha value is -1.31. The fourth-order valence-electron chi connectivity index (χ4n) is 2.69. The third-order valence-electron chi connectivity index (χ3n) is 4.50. The molecule has 1 atom stereocenters. The molecular formula is C16H22O2. The predicted molar refractivity (Wildman–Crippen MR) is 72.8 cm³/mol. The first kappa shape index (κ1) is 13.1. The van der Waals surface area contributed by atoms with Gasteiger partial charge >= 0.3 is 5.97 Å². The van der Waals surface area contributed by atoms with Crippen molar-refractivity contribution in [2.75, 3.05) is 0 Å². The largest absolute Gasteiger partial charge is 0.481 e. The van der Waals surface area contributed by atoms with Gasteiger partial charge in [0.05, 0.1) is 5.41 Å². The van der Waals surface area contributed by atoms with Gasteiger partial charge in [0, 0.05) is 0 Å². The zero-order valence-corrected chi connectivity index (χ0v) is 11.5. The third kappa shape index (κ3) is 2.29. The second-order valence-electron chi connectivity index (χ2n) is 6.01. The third-order valence-corrected chi connectivity index (χ3v) is 4.50. The van der Waals surface area contributed by atoms with E-state index in [9.17, 15) is 9.90 Å². The van der Waals surface area contributed by atoms with Gasteiger partial charge in [0.15, 0.2) is 0 Å². The van der Waals surface area contributed by atoms with Gasteiger partial charge in [-0.05, 0) is 55.2 Å². The van der Waals surface area contributed by atoms with E-state index >= 15 is 0 Å². The van der Waals surface area contributed by atoms with Crippen LogP contribution in [0.25, 0.3) is 0 Å². The molecule has 1 aromatic carbocycles. The summed E-state index contributed by atoms with van der Waals surface area (Å²) in [6, 6.07) is 6.50. The normalized spacial score (nSPS) is 17.6. The molecule has 1 aliphatic rings. The Labute approximate surface area is 109 Å². The summed E-state index contributed by atoms with van der Waals surface area (Å²) >= 11 is 0. The average Bonchev–Trinajstić information content (AvgIpc) is 2.75. The van der Waals surface area contributed by atoms with E-state index in [2.05, 4.69) is 18.2 Å². The van der Waals surface area contributed by atoms with Gasteiger partial charge in [0.25, 0.3) is 0 Å². The highest BCUT2D eigenvalue weighted by atomic mass is 16.4. The summed E-state index contributed by atoms with van der Waals surface area (Å²) in [5, 5.41) is 9.46. The van der Waals surface area contributed by atoms with Gasteiger partial charge in [-0.2, -0.15) is 0 Å². The number of hydrogen-bond donors (Lipinski definition) is 1. The van der Waals surface area contributed by atoms with Gasteiger partial charge in [-0.25, -0.2) is 0 Å². The van der Waals surface area contributed by atoms with Gasteiger partial charge in [-0.1, -0.05) is 32.0 Å². The van der Waals surface area contributed by atoms with Gasteiger partial charge in [0.1, 0.15) is 0 Å². The zero-order chi connectivity index (χ0) is 13.3. The van der Waals surface area contributed by atoms with Crippen molar-refractivity contribution in [2.45, 2.75) is 46.5 Å². The maximum Gasteiger partial charge on any atom is 0.309 e. The van der Waals surface area contributed by atoms with Crippen LogP contribution in [-0.4, -0.2) is 11.1 Å². The fraction of sp³-hybridized carbons (Fsp3) is 0.562. The van der Waals surface area contributed by atoms with Crippen molar-refractivity contribution in [1.82, 2.24) is 0 Å². The molecule has 1 unspecified atom stereocenters. The lowest BCUT2D eigenvalue weighted by molar-refractivity contribution is -0.150. The number of carboxylic acids is 1. The number of carboxylic acid groups (broad SMARTS) is 1. The summed E-state index contributed by atoms with van der Waals surface area (Å²) in [6.07, 6.45) is 4.18. The van der Waals surface area contributed by atoms with Crippen molar-refractivity contribution in [3.63, 3.8) is 0 Å². The van der Waals surface area contributed by atoms with Crippen LogP contribution in [0.5, 0.6) is 0 Å². The summed E-state index contributed by atoms with van der Waals surface area (Å²) in [7, 11) is 0. The predicted octanol–water partition coefficient (Wildman–Crippen LogP) is 3.46. The molecule has 2 nitrogen and oxygen atoms in total. The first-order chi connectivity index (χ1) is 8.43. The second-order valence-corrected chi connectivity index (χ2v) is 6.01. The minimum atomic E-state index is -0.696. The molecule has 0 saturated heterocycles.